The molecule has 2 aromatic rings. The Morgan fingerprint density at radius 2 is 1.59 bits per heavy atom. The van der Waals surface area contributed by atoms with Crippen molar-refractivity contribution in [1.29, 1.82) is 0 Å². The number of carbonyl (C=O) groups excluding carboxylic acids is 1. The number of piperidine rings is 1. The third-order valence-corrected chi connectivity index (χ3v) is 7.87. The number of hydrogen-bond acceptors (Lipinski definition) is 5. The fraction of sp³-hybridized carbons (Fsp3) is 0.567. The van der Waals surface area contributed by atoms with Crippen LogP contribution in [0.15, 0.2) is 48.5 Å². The van der Waals surface area contributed by atoms with Gasteiger partial charge in [-0.25, -0.2) is 0 Å². The molecule has 0 radical (unpaired) electrons. The summed E-state index contributed by atoms with van der Waals surface area (Å²) in [5.41, 5.74) is -2.08. The third kappa shape index (κ3) is 8.02. The molecule has 11 heteroatoms. The van der Waals surface area contributed by atoms with Gasteiger partial charge in [-0.15, -0.1) is 0 Å². The summed E-state index contributed by atoms with van der Waals surface area (Å²) < 4.78 is 98.0. The van der Waals surface area contributed by atoms with Gasteiger partial charge in [-0.2, -0.15) is 26.3 Å². The average molecular weight is 588 g/mol. The molecule has 2 aromatic carbocycles. The van der Waals surface area contributed by atoms with E-state index in [4.69, 9.17) is 14.2 Å². The van der Waals surface area contributed by atoms with E-state index in [0.717, 1.165) is 5.56 Å². The molecule has 2 aliphatic heterocycles. The normalized spacial score (nSPS) is 23.8. The molecule has 0 aromatic heterocycles. The first-order valence-corrected chi connectivity index (χ1v) is 13.9. The zero-order chi connectivity index (χ0) is 29.8. The highest BCUT2D eigenvalue weighted by atomic mass is 19.4. The number of rotatable bonds is 8. The summed E-state index contributed by atoms with van der Waals surface area (Å²) in [6, 6.07) is 11.0. The van der Waals surface area contributed by atoms with E-state index in [9.17, 15) is 31.1 Å². The molecule has 2 heterocycles. The van der Waals surface area contributed by atoms with Gasteiger partial charge in [0.2, 0.25) is 0 Å². The minimum absolute atomic E-state index is 0.0507. The Morgan fingerprint density at radius 1 is 0.976 bits per heavy atom. The fourth-order valence-corrected chi connectivity index (χ4v) is 5.71. The Morgan fingerprint density at radius 3 is 2.15 bits per heavy atom. The van der Waals surface area contributed by atoms with Gasteiger partial charge in [0.25, 0.3) is 0 Å². The van der Waals surface area contributed by atoms with Crippen LogP contribution in [0.25, 0.3) is 0 Å². The molecule has 0 N–H and O–H groups in total. The van der Waals surface area contributed by atoms with E-state index in [2.05, 4.69) is 4.90 Å². The predicted octanol–water partition coefficient (Wildman–Crippen LogP) is 7.22. The number of hydrogen-bond donors (Lipinski definition) is 0. The molecule has 41 heavy (non-hydrogen) atoms. The molecule has 4 rings (SSSR count). The zero-order valence-electron chi connectivity index (χ0n) is 23.0. The van der Waals surface area contributed by atoms with Crippen molar-refractivity contribution in [2.45, 2.75) is 63.8 Å². The number of esters is 1. The Hall–Kier alpha value is -2.63. The molecule has 0 spiro atoms. The van der Waals surface area contributed by atoms with Crippen molar-refractivity contribution in [3.05, 3.63) is 70.8 Å². The molecule has 0 amide bonds. The van der Waals surface area contributed by atoms with Crippen molar-refractivity contribution < 1.29 is 45.3 Å². The van der Waals surface area contributed by atoms with Crippen LogP contribution in [0.1, 0.15) is 67.4 Å². The minimum atomic E-state index is -4.95. The van der Waals surface area contributed by atoms with E-state index in [1.165, 1.54) is 6.92 Å². The number of alkyl halides is 6. The zero-order valence-corrected chi connectivity index (χ0v) is 23.0. The van der Waals surface area contributed by atoms with Gasteiger partial charge < -0.3 is 19.1 Å². The number of nitrogens with zero attached hydrogens (tertiary/aromatic N) is 1. The summed E-state index contributed by atoms with van der Waals surface area (Å²) in [6.07, 6.45) is -9.81. The molecule has 0 saturated carbocycles. The van der Waals surface area contributed by atoms with Gasteiger partial charge in [0.05, 0.1) is 36.4 Å². The van der Waals surface area contributed by atoms with Crippen molar-refractivity contribution in [2.24, 2.45) is 11.8 Å². The van der Waals surface area contributed by atoms with Crippen molar-refractivity contribution in [3.63, 3.8) is 0 Å². The van der Waals surface area contributed by atoms with Gasteiger partial charge in [-0.1, -0.05) is 30.3 Å². The molecule has 2 fully saturated rings. The van der Waals surface area contributed by atoms with E-state index in [1.54, 1.807) is 6.92 Å². The van der Waals surface area contributed by atoms with Crippen LogP contribution < -0.4 is 0 Å². The minimum Gasteiger partial charge on any atom is -0.466 e. The van der Waals surface area contributed by atoms with Crippen LogP contribution >= 0.6 is 0 Å². The van der Waals surface area contributed by atoms with E-state index in [1.807, 2.05) is 30.3 Å². The Bertz CT molecular complexity index is 1120. The second-order valence-corrected chi connectivity index (χ2v) is 10.7. The lowest BCUT2D eigenvalue weighted by Gasteiger charge is -2.42. The lowest BCUT2D eigenvalue weighted by molar-refractivity contribution is -0.210. The van der Waals surface area contributed by atoms with Crippen molar-refractivity contribution in [3.8, 4) is 0 Å². The summed E-state index contributed by atoms with van der Waals surface area (Å²) in [4.78, 5) is 14.4. The van der Waals surface area contributed by atoms with Crippen LogP contribution in [-0.4, -0.2) is 50.0 Å². The molecule has 0 unspecified atom stereocenters. The molecular formula is C30H35F6NO4. The van der Waals surface area contributed by atoms with E-state index in [0.29, 0.717) is 64.2 Å². The van der Waals surface area contributed by atoms with Crippen molar-refractivity contribution >= 4 is 5.97 Å². The lowest BCUT2D eigenvalue weighted by atomic mass is 9.81. The van der Waals surface area contributed by atoms with Gasteiger partial charge in [0.1, 0.15) is 0 Å². The van der Waals surface area contributed by atoms with E-state index >= 15 is 0 Å². The molecule has 226 valence electrons. The first-order chi connectivity index (χ1) is 19.4. The summed E-state index contributed by atoms with van der Waals surface area (Å²) in [5, 5.41) is 0. The Kier molecular flexibility index (Phi) is 10.0. The second kappa shape index (κ2) is 13.1. The highest BCUT2D eigenvalue weighted by molar-refractivity contribution is 5.72. The molecule has 0 aliphatic carbocycles. The third-order valence-electron chi connectivity index (χ3n) is 7.87. The fourth-order valence-electron chi connectivity index (χ4n) is 5.71. The van der Waals surface area contributed by atoms with Gasteiger partial charge in [-0.05, 0) is 81.4 Å². The Labute approximate surface area is 235 Å². The highest BCUT2D eigenvalue weighted by Crippen LogP contribution is 2.42. The van der Waals surface area contributed by atoms with E-state index in [-0.39, 0.29) is 35.4 Å². The maximum Gasteiger partial charge on any atom is 0.416 e. The SMILES string of the molecule is CCOC(=O)C1CCN(C[C@@H]2CCO[C@H](O[C@H](C)c3cc(C(F)(F)F)cc(C(F)(F)F)c3)[C@H]2c2ccccc2)CC1. The van der Waals surface area contributed by atoms with Crippen molar-refractivity contribution in [1.82, 2.24) is 4.90 Å². The van der Waals surface area contributed by atoms with Gasteiger partial charge >= 0.3 is 18.3 Å². The molecular weight excluding hydrogens is 552 g/mol. The predicted molar refractivity (Wildman–Crippen MR) is 139 cm³/mol. The quantitative estimate of drug-likeness (QED) is 0.241. The second-order valence-electron chi connectivity index (χ2n) is 10.7. The number of ether oxygens (including phenoxy) is 3. The first kappa shape index (κ1) is 31.3. The molecule has 0 bridgehead atoms. The van der Waals surface area contributed by atoms with E-state index < -0.39 is 35.9 Å². The topological polar surface area (TPSA) is 48.0 Å². The van der Waals surface area contributed by atoms with Crippen LogP contribution in [-0.2, 0) is 31.4 Å². The first-order valence-electron chi connectivity index (χ1n) is 13.9. The number of benzene rings is 2. The molecule has 5 nitrogen and oxygen atoms in total. The van der Waals surface area contributed by atoms with Gasteiger partial charge in [0.15, 0.2) is 6.29 Å². The van der Waals surface area contributed by atoms with Gasteiger partial charge in [-0.3, -0.25) is 4.79 Å². The van der Waals surface area contributed by atoms with Crippen LogP contribution in [0.3, 0.4) is 0 Å². The average Bonchev–Trinajstić information content (AvgIpc) is 2.93. The summed E-state index contributed by atoms with van der Waals surface area (Å²) >= 11 is 0. The maximum absolute atomic E-state index is 13.5. The van der Waals surface area contributed by atoms with Crippen LogP contribution in [0.2, 0.25) is 0 Å². The smallest absolute Gasteiger partial charge is 0.416 e. The van der Waals surface area contributed by atoms with Crippen LogP contribution in [0, 0.1) is 11.8 Å². The van der Waals surface area contributed by atoms with Crippen molar-refractivity contribution in [2.75, 3.05) is 32.8 Å². The van der Waals surface area contributed by atoms with Crippen LogP contribution in [0.4, 0.5) is 26.3 Å². The molecule has 4 atom stereocenters. The highest BCUT2D eigenvalue weighted by Gasteiger charge is 2.41. The monoisotopic (exact) mass is 587 g/mol. The summed E-state index contributed by atoms with van der Waals surface area (Å²) in [7, 11) is 0. The molecule has 2 saturated heterocycles. The summed E-state index contributed by atoms with van der Waals surface area (Å²) in [5.74, 6) is -0.555. The maximum atomic E-state index is 13.5. The number of halogens is 6. The number of carbonyl (C=O) groups is 1. The van der Waals surface area contributed by atoms with Crippen LogP contribution in [0.5, 0.6) is 0 Å². The number of likely N-dealkylation sites (tertiary alicyclic amines) is 1. The standard InChI is InChI=1S/C30H35F6NO4/c1-3-39-27(38)21-9-12-37(13-10-21)18-22-11-14-40-28(26(22)20-7-5-4-6-8-20)41-19(2)23-15-24(29(31,32)33)17-25(16-23)30(34,35)36/h4-8,15-17,19,21-22,26,28H,3,9-14,18H2,1-2H3/t19-,22+,26+,28-/m1/s1. The largest absolute Gasteiger partial charge is 0.466 e. The summed E-state index contributed by atoms with van der Waals surface area (Å²) in [6.45, 7) is 6.02. The Balaban J connectivity index is 1.54. The van der Waals surface area contributed by atoms with Gasteiger partial charge in [0, 0.05) is 12.5 Å². The lowest BCUT2D eigenvalue weighted by Crippen LogP contribution is -2.45. The molecule has 2 aliphatic rings.